The van der Waals surface area contributed by atoms with Crippen LogP contribution in [0.25, 0.3) is 0 Å². The highest BCUT2D eigenvalue weighted by atomic mass is 16.7. The molecule has 0 saturated carbocycles. The Bertz CT molecular complexity index is 770. The zero-order chi connectivity index (χ0) is 15.1. The standard InChI is InChI=1S/C17H13NO4/c19-16-7-12-6-14-15(22-10-21-14)8-13(12)17(20)18(16)9-11-4-2-1-3-5-11/h1-6,8H,7,9-10H2. The zero-order valence-electron chi connectivity index (χ0n) is 11.7. The second-order valence-electron chi connectivity index (χ2n) is 5.31. The van der Waals surface area contributed by atoms with Gasteiger partial charge in [-0.15, -0.1) is 0 Å². The number of benzene rings is 2. The fourth-order valence-corrected chi connectivity index (χ4v) is 2.77. The van der Waals surface area contributed by atoms with Gasteiger partial charge in [0.25, 0.3) is 5.91 Å². The van der Waals surface area contributed by atoms with Gasteiger partial charge in [0.05, 0.1) is 13.0 Å². The number of fused-ring (bicyclic) bond motifs is 2. The Labute approximate surface area is 127 Å². The lowest BCUT2D eigenvalue weighted by Crippen LogP contribution is -2.41. The number of nitrogens with zero attached hydrogens (tertiary/aromatic N) is 1. The van der Waals surface area contributed by atoms with Gasteiger partial charge in [-0.2, -0.15) is 0 Å². The molecule has 2 aliphatic heterocycles. The first-order valence-corrected chi connectivity index (χ1v) is 7.03. The lowest BCUT2D eigenvalue weighted by atomic mass is 9.97. The molecule has 2 aliphatic rings. The summed E-state index contributed by atoms with van der Waals surface area (Å²) in [6.07, 6.45) is 0.199. The number of imide groups is 1. The van der Waals surface area contributed by atoms with Crippen molar-refractivity contribution in [2.24, 2.45) is 0 Å². The summed E-state index contributed by atoms with van der Waals surface area (Å²) in [6, 6.07) is 12.9. The Hall–Kier alpha value is -2.82. The van der Waals surface area contributed by atoms with E-state index in [9.17, 15) is 9.59 Å². The van der Waals surface area contributed by atoms with Crippen LogP contribution in [0.15, 0.2) is 42.5 Å². The Morgan fingerprint density at radius 2 is 1.73 bits per heavy atom. The third-order valence-corrected chi connectivity index (χ3v) is 3.90. The van der Waals surface area contributed by atoms with Gasteiger partial charge in [-0.25, -0.2) is 0 Å². The molecule has 0 aromatic heterocycles. The molecule has 0 spiro atoms. The van der Waals surface area contributed by atoms with E-state index in [2.05, 4.69) is 0 Å². The lowest BCUT2D eigenvalue weighted by molar-refractivity contribution is -0.128. The predicted molar refractivity (Wildman–Crippen MR) is 77.6 cm³/mol. The summed E-state index contributed by atoms with van der Waals surface area (Å²) in [7, 11) is 0. The van der Waals surface area contributed by atoms with Crippen molar-refractivity contribution >= 4 is 11.8 Å². The van der Waals surface area contributed by atoms with E-state index >= 15 is 0 Å². The van der Waals surface area contributed by atoms with Crippen molar-refractivity contribution in [2.75, 3.05) is 6.79 Å². The average Bonchev–Trinajstić information content (AvgIpc) is 2.98. The molecular weight excluding hydrogens is 282 g/mol. The van der Waals surface area contributed by atoms with Crippen LogP contribution < -0.4 is 9.47 Å². The Balaban J connectivity index is 1.69. The van der Waals surface area contributed by atoms with Crippen LogP contribution in [0.4, 0.5) is 0 Å². The minimum Gasteiger partial charge on any atom is -0.454 e. The summed E-state index contributed by atoms with van der Waals surface area (Å²) >= 11 is 0. The highest BCUT2D eigenvalue weighted by Crippen LogP contribution is 2.37. The van der Waals surface area contributed by atoms with Gasteiger partial charge in [-0.1, -0.05) is 30.3 Å². The van der Waals surface area contributed by atoms with Crippen LogP contribution in [0.1, 0.15) is 21.5 Å². The maximum atomic E-state index is 12.6. The van der Waals surface area contributed by atoms with Crippen molar-refractivity contribution in [1.82, 2.24) is 4.90 Å². The van der Waals surface area contributed by atoms with E-state index < -0.39 is 0 Å². The van der Waals surface area contributed by atoms with Gasteiger partial charge >= 0.3 is 0 Å². The molecule has 5 heteroatoms. The van der Waals surface area contributed by atoms with Crippen molar-refractivity contribution in [3.05, 3.63) is 59.2 Å². The molecule has 0 aliphatic carbocycles. The van der Waals surface area contributed by atoms with Gasteiger partial charge < -0.3 is 9.47 Å². The Kier molecular flexibility index (Phi) is 2.85. The number of carbonyl (C=O) groups excluding carboxylic acids is 2. The smallest absolute Gasteiger partial charge is 0.261 e. The van der Waals surface area contributed by atoms with Crippen LogP contribution in [0.5, 0.6) is 11.5 Å². The number of hydrogen-bond donors (Lipinski definition) is 0. The van der Waals surface area contributed by atoms with E-state index in [1.54, 1.807) is 12.1 Å². The van der Waals surface area contributed by atoms with E-state index in [-0.39, 0.29) is 31.6 Å². The van der Waals surface area contributed by atoms with Crippen LogP contribution in [-0.4, -0.2) is 23.5 Å². The molecule has 4 rings (SSSR count). The number of rotatable bonds is 2. The van der Waals surface area contributed by atoms with Crippen LogP contribution in [0.3, 0.4) is 0 Å². The van der Waals surface area contributed by atoms with E-state index in [0.29, 0.717) is 22.6 Å². The minimum absolute atomic E-state index is 0.147. The van der Waals surface area contributed by atoms with Crippen molar-refractivity contribution in [3.63, 3.8) is 0 Å². The molecule has 0 saturated heterocycles. The quantitative estimate of drug-likeness (QED) is 0.797. The van der Waals surface area contributed by atoms with Crippen LogP contribution >= 0.6 is 0 Å². The summed E-state index contributed by atoms with van der Waals surface area (Å²) in [5.41, 5.74) is 2.14. The van der Waals surface area contributed by atoms with E-state index in [1.807, 2.05) is 30.3 Å². The van der Waals surface area contributed by atoms with Crippen molar-refractivity contribution in [2.45, 2.75) is 13.0 Å². The summed E-state index contributed by atoms with van der Waals surface area (Å²) in [6.45, 7) is 0.431. The highest BCUT2D eigenvalue weighted by molar-refractivity contribution is 6.10. The Morgan fingerprint density at radius 1 is 1.00 bits per heavy atom. The average molecular weight is 295 g/mol. The fourth-order valence-electron chi connectivity index (χ4n) is 2.77. The maximum Gasteiger partial charge on any atom is 0.261 e. The monoisotopic (exact) mass is 295 g/mol. The molecule has 0 fully saturated rings. The largest absolute Gasteiger partial charge is 0.454 e. The second kappa shape index (κ2) is 4.87. The third-order valence-electron chi connectivity index (χ3n) is 3.90. The molecule has 0 unspecified atom stereocenters. The molecule has 22 heavy (non-hydrogen) atoms. The highest BCUT2D eigenvalue weighted by Gasteiger charge is 2.33. The molecule has 0 bridgehead atoms. The third kappa shape index (κ3) is 2.02. The minimum atomic E-state index is -0.284. The van der Waals surface area contributed by atoms with E-state index in [0.717, 1.165) is 5.56 Å². The SMILES string of the molecule is O=C1Cc2cc3c(cc2C(=O)N1Cc1ccccc1)OCO3. The molecular formula is C17H13NO4. The molecule has 2 aromatic rings. The van der Waals surface area contributed by atoms with Crippen LogP contribution in [0.2, 0.25) is 0 Å². The summed E-state index contributed by atoms with van der Waals surface area (Å²) in [4.78, 5) is 26.2. The normalized spacial score (nSPS) is 15.9. The van der Waals surface area contributed by atoms with Crippen LogP contribution in [-0.2, 0) is 17.8 Å². The molecule has 2 heterocycles. The number of hydrogen-bond acceptors (Lipinski definition) is 4. The first kappa shape index (κ1) is 12.9. The first-order valence-electron chi connectivity index (χ1n) is 7.03. The van der Waals surface area contributed by atoms with Crippen molar-refractivity contribution in [1.29, 1.82) is 0 Å². The van der Waals surface area contributed by atoms with Gasteiger partial charge in [0.2, 0.25) is 12.7 Å². The van der Waals surface area contributed by atoms with Crippen molar-refractivity contribution < 1.29 is 19.1 Å². The van der Waals surface area contributed by atoms with Gasteiger partial charge in [0.15, 0.2) is 11.5 Å². The number of amides is 2. The first-order chi connectivity index (χ1) is 10.7. The maximum absolute atomic E-state index is 12.6. The second-order valence-corrected chi connectivity index (χ2v) is 5.31. The molecule has 0 N–H and O–H groups in total. The van der Waals surface area contributed by atoms with Crippen molar-refractivity contribution in [3.8, 4) is 11.5 Å². The Morgan fingerprint density at radius 3 is 2.50 bits per heavy atom. The van der Waals surface area contributed by atoms with Gasteiger partial charge in [-0.05, 0) is 23.3 Å². The fraction of sp³-hybridized carbons (Fsp3) is 0.176. The van der Waals surface area contributed by atoms with Gasteiger partial charge in [-0.3, -0.25) is 14.5 Å². The lowest BCUT2D eigenvalue weighted by Gasteiger charge is -2.27. The number of ether oxygens (including phenoxy) is 2. The topological polar surface area (TPSA) is 55.8 Å². The zero-order valence-corrected chi connectivity index (χ0v) is 11.7. The molecule has 2 amide bonds. The van der Waals surface area contributed by atoms with Crippen LogP contribution in [0, 0.1) is 0 Å². The molecule has 2 aromatic carbocycles. The molecule has 0 radical (unpaired) electrons. The molecule has 110 valence electrons. The predicted octanol–water partition coefficient (Wildman–Crippen LogP) is 2.14. The summed E-state index contributed by atoms with van der Waals surface area (Å²) in [5.74, 6) is 0.672. The van der Waals surface area contributed by atoms with E-state index in [4.69, 9.17) is 9.47 Å². The van der Waals surface area contributed by atoms with Gasteiger partial charge in [0.1, 0.15) is 0 Å². The molecule has 5 nitrogen and oxygen atoms in total. The molecule has 0 atom stereocenters. The summed E-state index contributed by atoms with van der Waals surface area (Å²) < 4.78 is 10.6. The van der Waals surface area contributed by atoms with Gasteiger partial charge in [0, 0.05) is 5.56 Å². The number of carbonyl (C=O) groups is 2. The summed E-state index contributed by atoms with van der Waals surface area (Å²) in [5, 5.41) is 0. The van der Waals surface area contributed by atoms with E-state index in [1.165, 1.54) is 4.90 Å².